The van der Waals surface area contributed by atoms with Crippen molar-refractivity contribution in [2.45, 2.75) is 31.3 Å². The van der Waals surface area contributed by atoms with Crippen molar-refractivity contribution in [2.75, 3.05) is 33.9 Å². The fourth-order valence-electron chi connectivity index (χ4n) is 1.69. The minimum Gasteiger partial charge on any atom is -0.383 e. The second kappa shape index (κ2) is 6.78. The molecule has 1 N–H and O–H groups in total. The molecule has 0 bridgehead atoms. The minimum absolute atomic E-state index is 0.0196. The fraction of sp³-hybridized carbons (Fsp3) is 0.909. The van der Waals surface area contributed by atoms with Crippen molar-refractivity contribution in [3.05, 3.63) is 0 Å². The van der Waals surface area contributed by atoms with E-state index in [2.05, 4.69) is 16.3 Å². The van der Waals surface area contributed by atoms with E-state index in [1.165, 1.54) is 12.8 Å². The lowest BCUT2D eigenvalue weighted by molar-refractivity contribution is 0.141. The van der Waals surface area contributed by atoms with Crippen LogP contribution in [-0.2, 0) is 4.74 Å². The van der Waals surface area contributed by atoms with Gasteiger partial charge in [0.25, 0.3) is 0 Å². The van der Waals surface area contributed by atoms with Crippen molar-refractivity contribution in [3.63, 3.8) is 0 Å². The van der Waals surface area contributed by atoms with Crippen LogP contribution in [0.1, 0.15) is 19.3 Å². The third-order valence-electron chi connectivity index (χ3n) is 2.86. The van der Waals surface area contributed by atoms with Gasteiger partial charge in [0.15, 0.2) is 0 Å². The number of nitrogens with one attached hydrogen (secondary N) is 1. The highest BCUT2D eigenvalue weighted by atomic mass is 16.5. The first-order chi connectivity index (χ1) is 7.31. The molecular formula is C11H21N3O. The van der Waals surface area contributed by atoms with Crippen LogP contribution in [0.3, 0.4) is 0 Å². The normalized spacial score (nSPS) is 17.7. The number of ether oxygens (including phenoxy) is 1. The Morgan fingerprint density at radius 1 is 1.53 bits per heavy atom. The molecule has 0 aliphatic heterocycles. The van der Waals surface area contributed by atoms with Gasteiger partial charge in [0.1, 0.15) is 0 Å². The molecule has 0 saturated heterocycles. The lowest BCUT2D eigenvalue weighted by atomic mass is 10.2. The molecule has 0 heterocycles. The first-order valence-corrected chi connectivity index (χ1v) is 5.61. The van der Waals surface area contributed by atoms with Crippen LogP contribution in [0.5, 0.6) is 0 Å². The van der Waals surface area contributed by atoms with Gasteiger partial charge in [0, 0.05) is 26.2 Å². The Morgan fingerprint density at radius 3 is 2.73 bits per heavy atom. The topological polar surface area (TPSA) is 48.3 Å². The van der Waals surface area contributed by atoms with E-state index in [1.807, 2.05) is 7.05 Å². The standard InChI is InChI=1S/C11H21N3O/c1-13-10(9-12)5-6-14(7-8-15-2)11-3-4-11/h10-11,13H,3-8H2,1-2H3. The molecule has 1 unspecified atom stereocenters. The quantitative estimate of drug-likeness (QED) is 0.638. The maximum absolute atomic E-state index is 8.81. The molecule has 0 aromatic rings. The Hall–Kier alpha value is -0.630. The third-order valence-corrected chi connectivity index (χ3v) is 2.86. The average Bonchev–Trinajstić information content (AvgIpc) is 3.07. The predicted molar refractivity (Wildman–Crippen MR) is 59.5 cm³/mol. The average molecular weight is 211 g/mol. The van der Waals surface area contributed by atoms with Gasteiger partial charge in [-0.15, -0.1) is 0 Å². The number of nitriles is 1. The van der Waals surface area contributed by atoms with Gasteiger partial charge in [-0.1, -0.05) is 0 Å². The van der Waals surface area contributed by atoms with Gasteiger partial charge < -0.3 is 10.1 Å². The molecule has 86 valence electrons. The predicted octanol–water partition coefficient (Wildman–Crippen LogP) is 0.599. The molecule has 4 heteroatoms. The summed E-state index contributed by atoms with van der Waals surface area (Å²) in [7, 11) is 3.57. The number of hydrogen-bond acceptors (Lipinski definition) is 4. The lowest BCUT2D eigenvalue weighted by Crippen LogP contribution is -2.35. The van der Waals surface area contributed by atoms with E-state index in [-0.39, 0.29) is 6.04 Å². The molecule has 1 aliphatic carbocycles. The second-order valence-electron chi connectivity index (χ2n) is 4.02. The molecule has 4 nitrogen and oxygen atoms in total. The second-order valence-corrected chi connectivity index (χ2v) is 4.02. The molecule has 1 aliphatic rings. The van der Waals surface area contributed by atoms with Crippen LogP contribution in [0.15, 0.2) is 0 Å². The first-order valence-electron chi connectivity index (χ1n) is 5.61. The monoisotopic (exact) mass is 211 g/mol. The summed E-state index contributed by atoms with van der Waals surface area (Å²) in [6, 6.07) is 2.98. The Labute approximate surface area is 92.2 Å². The van der Waals surface area contributed by atoms with Gasteiger partial charge in [0.05, 0.1) is 18.7 Å². The van der Waals surface area contributed by atoms with Crippen LogP contribution < -0.4 is 5.32 Å². The SMILES string of the molecule is CNC(C#N)CCN(CCOC)C1CC1. The zero-order valence-corrected chi connectivity index (χ0v) is 9.70. The molecular weight excluding hydrogens is 190 g/mol. The van der Waals surface area contributed by atoms with Gasteiger partial charge in [-0.25, -0.2) is 0 Å². The van der Waals surface area contributed by atoms with E-state index in [0.29, 0.717) is 0 Å². The number of hydrogen-bond donors (Lipinski definition) is 1. The van der Waals surface area contributed by atoms with Crippen molar-refractivity contribution < 1.29 is 4.74 Å². The summed E-state index contributed by atoms with van der Waals surface area (Å²) in [5.41, 5.74) is 0. The van der Waals surface area contributed by atoms with Gasteiger partial charge >= 0.3 is 0 Å². The smallest absolute Gasteiger partial charge is 0.0962 e. The summed E-state index contributed by atoms with van der Waals surface area (Å²) in [4.78, 5) is 2.44. The molecule has 1 rings (SSSR count). The number of nitrogens with zero attached hydrogens (tertiary/aromatic N) is 2. The highest BCUT2D eigenvalue weighted by Gasteiger charge is 2.28. The van der Waals surface area contributed by atoms with E-state index in [9.17, 15) is 0 Å². The lowest BCUT2D eigenvalue weighted by Gasteiger charge is -2.22. The van der Waals surface area contributed by atoms with E-state index in [0.717, 1.165) is 32.2 Å². The van der Waals surface area contributed by atoms with Crippen LogP contribution >= 0.6 is 0 Å². The molecule has 0 amide bonds. The van der Waals surface area contributed by atoms with E-state index >= 15 is 0 Å². The first kappa shape index (κ1) is 12.4. The zero-order chi connectivity index (χ0) is 11.1. The summed E-state index contributed by atoms with van der Waals surface area (Å²) in [5.74, 6) is 0. The maximum atomic E-state index is 8.81. The molecule has 0 radical (unpaired) electrons. The van der Waals surface area contributed by atoms with Crippen LogP contribution in [0.2, 0.25) is 0 Å². The minimum atomic E-state index is -0.0196. The highest BCUT2D eigenvalue weighted by molar-refractivity contribution is 4.91. The van der Waals surface area contributed by atoms with Crippen LogP contribution in [-0.4, -0.2) is 50.8 Å². The van der Waals surface area contributed by atoms with Crippen LogP contribution in [0, 0.1) is 11.3 Å². The molecule has 15 heavy (non-hydrogen) atoms. The molecule has 0 aromatic carbocycles. The Kier molecular flexibility index (Phi) is 5.62. The van der Waals surface area contributed by atoms with Crippen molar-refractivity contribution in [2.24, 2.45) is 0 Å². The summed E-state index contributed by atoms with van der Waals surface area (Å²) in [5, 5.41) is 11.8. The third kappa shape index (κ3) is 4.61. The summed E-state index contributed by atoms with van der Waals surface area (Å²) in [6.45, 7) is 2.77. The Bertz CT molecular complexity index is 210. The molecule has 1 saturated carbocycles. The molecule has 1 atom stereocenters. The van der Waals surface area contributed by atoms with Gasteiger partial charge in [-0.2, -0.15) is 5.26 Å². The van der Waals surface area contributed by atoms with Gasteiger partial charge in [-0.3, -0.25) is 4.90 Å². The summed E-state index contributed by atoms with van der Waals surface area (Å²) < 4.78 is 5.09. The Balaban J connectivity index is 2.22. The Morgan fingerprint density at radius 2 is 2.27 bits per heavy atom. The molecule has 0 aromatic heterocycles. The van der Waals surface area contributed by atoms with Crippen LogP contribution in [0.4, 0.5) is 0 Å². The number of rotatable bonds is 8. The van der Waals surface area contributed by atoms with E-state index in [4.69, 9.17) is 10.00 Å². The summed E-state index contributed by atoms with van der Waals surface area (Å²) >= 11 is 0. The van der Waals surface area contributed by atoms with Crippen molar-refractivity contribution in [1.82, 2.24) is 10.2 Å². The summed E-state index contributed by atoms with van der Waals surface area (Å²) in [6.07, 6.45) is 3.51. The van der Waals surface area contributed by atoms with E-state index in [1.54, 1.807) is 7.11 Å². The van der Waals surface area contributed by atoms with E-state index < -0.39 is 0 Å². The number of methoxy groups -OCH3 is 1. The fourth-order valence-corrected chi connectivity index (χ4v) is 1.69. The highest BCUT2D eigenvalue weighted by Crippen LogP contribution is 2.26. The van der Waals surface area contributed by atoms with Crippen LogP contribution in [0.25, 0.3) is 0 Å². The van der Waals surface area contributed by atoms with Gasteiger partial charge in [-0.05, 0) is 26.3 Å². The van der Waals surface area contributed by atoms with Crippen molar-refractivity contribution >= 4 is 0 Å². The van der Waals surface area contributed by atoms with Gasteiger partial charge in [0.2, 0.25) is 0 Å². The largest absolute Gasteiger partial charge is 0.383 e. The van der Waals surface area contributed by atoms with Crippen molar-refractivity contribution in [1.29, 1.82) is 5.26 Å². The zero-order valence-electron chi connectivity index (χ0n) is 9.70. The molecule has 1 fully saturated rings. The molecule has 0 spiro atoms. The maximum Gasteiger partial charge on any atom is 0.0962 e. The van der Waals surface area contributed by atoms with Crippen molar-refractivity contribution in [3.8, 4) is 6.07 Å².